The zero-order valence-corrected chi connectivity index (χ0v) is 8.68. The van der Waals surface area contributed by atoms with Gasteiger partial charge in [-0.25, -0.2) is 0 Å². The predicted octanol–water partition coefficient (Wildman–Crippen LogP) is 3.39. The third-order valence-electron chi connectivity index (χ3n) is 1.54. The molecule has 1 rings (SSSR count). The lowest BCUT2D eigenvalue weighted by atomic mass is 10.2. The second kappa shape index (κ2) is 4.66. The average Bonchev–Trinajstić information content (AvgIpc) is 2.07. The molecule has 0 aliphatic heterocycles. The third kappa shape index (κ3) is 3.03. The number of rotatable bonds is 2. The highest BCUT2D eigenvalue weighted by Gasteiger charge is 2.00. The van der Waals surface area contributed by atoms with Crippen LogP contribution >= 0.6 is 23.2 Å². The first-order valence-corrected chi connectivity index (χ1v) is 4.67. The van der Waals surface area contributed by atoms with Gasteiger partial charge in [0.25, 0.3) is 0 Å². The van der Waals surface area contributed by atoms with Crippen molar-refractivity contribution >= 4 is 29.3 Å². The molecule has 3 heteroatoms. The number of hydrogen-bond acceptors (Lipinski definition) is 1. The molecule has 0 saturated carbocycles. The van der Waals surface area contributed by atoms with Crippen LogP contribution in [0.2, 0.25) is 10.0 Å². The van der Waals surface area contributed by atoms with Gasteiger partial charge in [-0.2, -0.15) is 0 Å². The fraction of sp³-hybridized carbons (Fsp3) is 0.200. The van der Waals surface area contributed by atoms with Gasteiger partial charge in [0.15, 0.2) is 0 Å². The Balaban J connectivity index is 2.95. The zero-order chi connectivity index (χ0) is 9.84. The van der Waals surface area contributed by atoms with E-state index in [0.29, 0.717) is 10.0 Å². The minimum absolute atomic E-state index is 0.477. The SMILES string of the molecule is CC(O)/C=C/c1cccc(Cl)c1Cl. The molecule has 1 N–H and O–H groups in total. The summed E-state index contributed by atoms with van der Waals surface area (Å²) in [4.78, 5) is 0. The number of aliphatic hydroxyl groups is 1. The Labute approximate surface area is 87.6 Å². The minimum atomic E-state index is -0.477. The molecule has 1 unspecified atom stereocenters. The first-order chi connectivity index (χ1) is 6.11. The predicted molar refractivity (Wildman–Crippen MR) is 57.2 cm³/mol. The summed E-state index contributed by atoms with van der Waals surface area (Å²) in [6, 6.07) is 5.38. The highest BCUT2D eigenvalue weighted by Crippen LogP contribution is 2.26. The van der Waals surface area contributed by atoms with Crippen LogP contribution < -0.4 is 0 Å². The lowest BCUT2D eigenvalue weighted by Gasteiger charge is -2.00. The Kier molecular flexibility index (Phi) is 3.79. The maximum Gasteiger partial charge on any atom is 0.0696 e. The van der Waals surface area contributed by atoms with Crippen molar-refractivity contribution in [3.63, 3.8) is 0 Å². The van der Waals surface area contributed by atoms with Gasteiger partial charge in [-0.3, -0.25) is 0 Å². The van der Waals surface area contributed by atoms with Crippen LogP contribution in [0.5, 0.6) is 0 Å². The maximum atomic E-state index is 9.01. The van der Waals surface area contributed by atoms with Crippen LogP contribution in [-0.2, 0) is 0 Å². The molecule has 0 aliphatic rings. The second-order valence-corrected chi connectivity index (χ2v) is 3.53. The van der Waals surface area contributed by atoms with Crippen LogP contribution in [-0.4, -0.2) is 11.2 Å². The van der Waals surface area contributed by atoms with E-state index in [0.717, 1.165) is 5.56 Å². The highest BCUT2D eigenvalue weighted by molar-refractivity contribution is 6.42. The van der Waals surface area contributed by atoms with E-state index in [2.05, 4.69) is 0 Å². The number of aliphatic hydroxyl groups excluding tert-OH is 1. The Morgan fingerprint density at radius 2 is 2.08 bits per heavy atom. The lowest BCUT2D eigenvalue weighted by molar-refractivity contribution is 0.245. The van der Waals surface area contributed by atoms with Crippen molar-refractivity contribution in [1.29, 1.82) is 0 Å². The molecule has 0 fully saturated rings. The van der Waals surface area contributed by atoms with Crippen molar-refractivity contribution in [2.45, 2.75) is 13.0 Å². The van der Waals surface area contributed by atoms with Crippen LogP contribution in [0.4, 0.5) is 0 Å². The fourth-order valence-corrected chi connectivity index (χ4v) is 1.26. The van der Waals surface area contributed by atoms with E-state index >= 15 is 0 Å². The molecule has 0 aromatic heterocycles. The summed E-state index contributed by atoms with van der Waals surface area (Å²) in [5.41, 5.74) is 0.815. The summed E-state index contributed by atoms with van der Waals surface area (Å²) in [6.07, 6.45) is 2.92. The Morgan fingerprint density at radius 1 is 1.38 bits per heavy atom. The van der Waals surface area contributed by atoms with Crippen LogP contribution in [0.25, 0.3) is 6.08 Å². The van der Waals surface area contributed by atoms with Crippen molar-refractivity contribution < 1.29 is 5.11 Å². The van der Waals surface area contributed by atoms with Gasteiger partial charge in [-0.05, 0) is 18.6 Å². The number of halogens is 2. The summed E-state index contributed by atoms with van der Waals surface area (Å²) in [7, 11) is 0. The molecule has 13 heavy (non-hydrogen) atoms. The van der Waals surface area contributed by atoms with Gasteiger partial charge in [0, 0.05) is 0 Å². The molecule has 0 saturated heterocycles. The van der Waals surface area contributed by atoms with E-state index in [9.17, 15) is 0 Å². The van der Waals surface area contributed by atoms with Crippen molar-refractivity contribution in [1.82, 2.24) is 0 Å². The summed E-state index contributed by atoms with van der Waals surface area (Å²) in [6.45, 7) is 1.68. The van der Waals surface area contributed by atoms with E-state index < -0.39 is 6.10 Å². The molecule has 70 valence electrons. The average molecular weight is 217 g/mol. The normalized spacial score (nSPS) is 13.5. The standard InChI is InChI=1S/C10H10Cl2O/c1-7(13)5-6-8-3-2-4-9(11)10(8)12/h2-7,13H,1H3/b6-5+. The molecule has 1 nitrogen and oxygen atoms in total. The van der Waals surface area contributed by atoms with Gasteiger partial charge in [0.2, 0.25) is 0 Å². The van der Waals surface area contributed by atoms with Crippen molar-refractivity contribution in [2.75, 3.05) is 0 Å². The van der Waals surface area contributed by atoms with E-state index in [4.69, 9.17) is 28.3 Å². The molecule has 0 amide bonds. The number of benzene rings is 1. The van der Waals surface area contributed by atoms with E-state index in [1.807, 2.05) is 12.1 Å². The first kappa shape index (κ1) is 10.6. The lowest BCUT2D eigenvalue weighted by Crippen LogP contribution is -1.91. The summed E-state index contributed by atoms with van der Waals surface area (Å²) in [5, 5.41) is 10.0. The van der Waals surface area contributed by atoms with Gasteiger partial charge in [0.05, 0.1) is 16.1 Å². The summed E-state index contributed by atoms with van der Waals surface area (Å²) >= 11 is 11.7. The summed E-state index contributed by atoms with van der Waals surface area (Å²) < 4.78 is 0. The molecule has 0 heterocycles. The van der Waals surface area contributed by atoms with E-state index in [-0.39, 0.29) is 0 Å². The smallest absolute Gasteiger partial charge is 0.0696 e. The molecule has 0 radical (unpaired) electrons. The summed E-state index contributed by atoms with van der Waals surface area (Å²) in [5.74, 6) is 0. The molecule has 0 aliphatic carbocycles. The monoisotopic (exact) mass is 216 g/mol. The molecule has 1 aromatic rings. The molecular weight excluding hydrogens is 207 g/mol. The van der Waals surface area contributed by atoms with Gasteiger partial charge in [-0.1, -0.05) is 47.5 Å². The van der Waals surface area contributed by atoms with E-state index in [1.54, 1.807) is 25.1 Å². The van der Waals surface area contributed by atoms with Gasteiger partial charge in [0.1, 0.15) is 0 Å². The van der Waals surface area contributed by atoms with Crippen LogP contribution in [0.1, 0.15) is 12.5 Å². The quantitative estimate of drug-likeness (QED) is 0.804. The largest absolute Gasteiger partial charge is 0.389 e. The topological polar surface area (TPSA) is 20.2 Å². The second-order valence-electron chi connectivity index (χ2n) is 2.74. The Bertz CT molecular complexity index is 319. The molecule has 1 atom stereocenters. The number of hydrogen-bond donors (Lipinski definition) is 1. The maximum absolute atomic E-state index is 9.01. The first-order valence-electron chi connectivity index (χ1n) is 3.91. The van der Waals surface area contributed by atoms with E-state index in [1.165, 1.54) is 0 Å². The third-order valence-corrected chi connectivity index (χ3v) is 2.37. The fourth-order valence-electron chi connectivity index (χ4n) is 0.892. The van der Waals surface area contributed by atoms with Crippen LogP contribution in [0.15, 0.2) is 24.3 Å². The molecule has 1 aromatic carbocycles. The van der Waals surface area contributed by atoms with Gasteiger partial charge >= 0.3 is 0 Å². The van der Waals surface area contributed by atoms with Crippen molar-refractivity contribution in [3.05, 3.63) is 39.9 Å². The van der Waals surface area contributed by atoms with Crippen molar-refractivity contribution in [2.24, 2.45) is 0 Å². The van der Waals surface area contributed by atoms with Crippen molar-refractivity contribution in [3.8, 4) is 0 Å². The highest BCUT2D eigenvalue weighted by atomic mass is 35.5. The van der Waals surface area contributed by atoms with Gasteiger partial charge in [-0.15, -0.1) is 0 Å². The minimum Gasteiger partial charge on any atom is -0.389 e. The van der Waals surface area contributed by atoms with Gasteiger partial charge < -0.3 is 5.11 Å². The molecule has 0 bridgehead atoms. The Hall–Kier alpha value is -0.500. The molecule has 0 spiro atoms. The van der Waals surface area contributed by atoms with Crippen LogP contribution in [0.3, 0.4) is 0 Å². The molecular formula is C10H10Cl2O. The van der Waals surface area contributed by atoms with Crippen LogP contribution in [0, 0.1) is 0 Å². The zero-order valence-electron chi connectivity index (χ0n) is 7.17. The Morgan fingerprint density at radius 3 is 2.69 bits per heavy atom.